The quantitative estimate of drug-likeness (QED) is 0.797. The molecule has 0 aliphatic rings. The topological polar surface area (TPSA) is 66.6 Å². The van der Waals surface area contributed by atoms with E-state index in [-0.39, 0.29) is 6.54 Å². The van der Waals surface area contributed by atoms with Crippen LogP contribution in [0.25, 0.3) is 11.1 Å². The molecule has 0 saturated heterocycles. The number of para-hydroxylation sites is 2. The minimum absolute atomic E-state index is 0.168. The summed E-state index contributed by atoms with van der Waals surface area (Å²) < 4.78 is 5.49. The van der Waals surface area contributed by atoms with Crippen LogP contribution in [-0.2, 0) is 4.79 Å². The van der Waals surface area contributed by atoms with Crippen LogP contribution in [-0.4, -0.2) is 29.1 Å². The van der Waals surface area contributed by atoms with E-state index in [1.54, 1.807) is 12.1 Å². The molecule has 1 aromatic carbocycles. The van der Waals surface area contributed by atoms with Crippen molar-refractivity contribution in [3.63, 3.8) is 0 Å². The van der Waals surface area contributed by atoms with Crippen molar-refractivity contribution in [3.05, 3.63) is 36.9 Å². The van der Waals surface area contributed by atoms with Gasteiger partial charge in [-0.25, -0.2) is 0 Å². The fraction of sp³-hybridized carbons (Fsp3) is 0.167. The highest BCUT2D eigenvalue weighted by Crippen LogP contribution is 2.21. The maximum absolute atomic E-state index is 10.7. The lowest BCUT2D eigenvalue weighted by Crippen LogP contribution is -2.29. The molecule has 0 aliphatic carbocycles. The third kappa shape index (κ3) is 2.44. The van der Waals surface area contributed by atoms with Gasteiger partial charge in [0, 0.05) is 6.54 Å². The summed E-state index contributed by atoms with van der Waals surface area (Å²) in [6.07, 6.45) is 1.61. The van der Waals surface area contributed by atoms with Gasteiger partial charge in [-0.1, -0.05) is 18.2 Å². The lowest BCUT2D eigenvalue weighted by molar-refractivity contribution is -0.135. The summed E-state index contributed by atoms with van der Waals surface area (Å²) in [5.41, 5.74) is 1.35. The van der Waals surface area contributed by atoms with Gasteiger partial charge in [0.25, 0.3) is 6.01 Å². The maximum Gasteiger partial charge on any atom is 0.323 e. The normalized spacial score (nSPS) is 10.4. The average molecular weight is 232 g/mol. The van der Waals surface area contributed by atoms with Crippen LogP contribution < -0.4 is 4.90 Å². The molecule has 0 atom stereocenters. The molecule has 0 aliphatic heterocycles. The number of fused-ring (bicyclic) bond motifs is 1. The van der Waals surface area contributed by atoms with Crippen molar-refractivity contribution in [2.45, 2.75) is 0 Å². The highest BCUT2D eigenvalue weighted by Gasteiger charge is 2.15. The number of carboxylic acids is 1. The molecule has 1 aromatic heterocycles. The highest BCUT2D eigenvalue weighted by atomic mass is 16.4. The molecule has 88 valence electrons. The Morgan fingerprint density at radius 3 is 2.94 bits per heavy atom. The van der Waals surface area contributed by atoms with Crippen molar-refractivity contribution >= 4 is 23.1 Å². The molecule has 0 amide bonds. The van der Waals surface area contributed by atoms with Gasteiger partial charge in [-0.3, -0.25) is 4.79 Å². The Kier molecular flexibility index (Phi) is 3.09. The summed E-state index contributed by atoms with van der Waals surface area (Å²) >= 11 is 0. The number of benzene rings is 1. The van der Waals surface area contributed by atoms with Crippen LogP contribution in [0.3, 0.4) is 0 Å². The second kappa shape index (κ2) is 4.69. The molecule has 5 nitrogen and oxygen atoms in total. The fourth-order valence-corrected chi connectivity index (χ4v) is 1.52. The minimum Gasteiger partial charge on any atom is -0.480 e. The van der Waals surface area contributed by atoms with Crippen molar-refractivity contribution in [2.24, 2.45) is 0 Å². The Bertz CT molecular complexity index is 514. The zero-order valence-corrected chi connectivity index (χ0v) is 9.17. The molecule has 1 N–H and O–H groups in total. The number of aliphatic carboxylic acids is 1. The van der Waals surface area contributed by atoms with Gasteiger partial charge >= 0.3 is 5.97 Å². The van der Waals surface area contributed by atoms with E-state index in [9.17, 15) is 4.79 Å². The number of hydrogen-bond acceptors (Lipinski definition) is 4. The summed E-state index contributed by atoms with van der Waals surface area (Å²) in [5, 5.41) is 8.80. The molecule has 2 rings (SSSR count). The lowest BCUT2D eigenvalue weighted by atomic mass is 10.3. The number of carbonyl (C=O) groups is 1. The number of anilines is 1. The van der Waals surface area contributed by atoms with Crippen LogP contribution in [0.2, 0.25) is 0 Å². The Labute approximate surface area is 98.0 Å². The molecule has 0 saturated carbocycles. The third-order valence-corrected chi connectivity index (χ3v) is 2.23. The van der Waals surface area contributed by atoms with Crippen molar-refractivity contribution in [1.82, 2.24) is 4.98 Å². The molecular weight excluding hydrogens is 220 g/mol. The van der Waals surface area contributed by atoms with Crippen LogP contribution in [0, 0.1) is 0 Å². The van der Waals surface area contributed by atoms with Gasteiger partial charge in [0.05, 0.1) is 0 Å². The number of oxazole rings is 1. The fourth-order valence-electron chi connectivity index (χ4n) is 1.52. The summed E-state index contributed by atoms with van der Waals surface area (Å²) in [6, 6.07) is 7.60. The van der Waals surface area contributed by atoms with Gasteiger partial charge in [-0.15, -0.1) is 6.58 Å². The van der Waals surface area contributed by atoms with Gasteiger partial charge in [-0.05, 0) is 12.1 Å². The molecule has 0 radical (unpaired) electrons. The first-order chi connectivity index (χ1) is 8.20. The van der Waals surface area contributed by atoms with Gasteiger partial charge in [0.2, 0.25) is 0 Å². The molecular formula is C12H12N2O3. The first-order valence-corrected chi connectivity index (χ1v) is 5.14. The Morgan fingerprint density at radius 1 is 1.53 bits per heavy atom. The predicted molar refractivity (Wildman–Crippen MR) is 64.1 cm³/mol. The van der Waals surface area contributed by atoms with Crippen LogP contribution in [0.5, 0.6) is 0 Å². The average Bonchev–Trinajstić information content (AvgIpc) is 2.71. The highest BCUT2D eigenvalue weighted by molar-refractivity contribution is 5.76. The van der Waals surface area contributed by atoms with Crippen LogP contribution in [0.4, 0.5) is 6.01 Å². The molecule has 1 heterocycles. The van der Waals surface area contributed by atoms with E-state index in [1.807, 2.05) is 18.2 Å². The molecule has 5 heteroatoms. The third-order valence-electron chi connectivity index (χ3n) is 2.23. The van der Waals surface area contributed by atoms with E-state index in [0.29, 0.717) is 23.7 Å². The van der Waals surface area contributed by atoms with Crippen molar-refractivity contribution in [3.8, 4) is 0 Å². The van der Waals surface area contributed by atoms with Crippen LogP contribution in [0.1, 0.15) is 0 Å². The van der Waals surface area contributed by atoms with E-state index in [0.717, 1.165) is 0 Å². The monoisotopic (exact) mass is 232 g/mol. The largest absolute Gasteiger partial charge is 0.480 e. The molecule has 0 fully saturated rings. The van der Waals surface area contributed by atoms with Crippen molar-refractivity contribution in [1.29, 1.82) is 0 Å². The Hall–Kier alpha value is -2.30. The number of rotatable bonds is 5. The van der Waals surface area contributed by atoms with E-state index >= 15 is 0 Å². The Morgan fingerprint density at radius 2 is 2.29 bits per heavy atom. The molecule has 2 aromatic rings. The number of nitrogens with zero attached hydrogens (tertiary/aromatic N) is 2. The first kappa shape index (κ1) is 11.2. The smallest absolute Gasteiger partial charge is 0.323 e. The molecule has 0 bridgehead atoms. The van der Waals surface area contributed by atoms with Gasteiger partial charge in [0.1, 0.15) is 12.1 Å². The second-order valence-corrected chi connectivity index (χ2v) is 3.53. The number of carboxylic acid groups (broad SMARTS) is 1. The van der Waals surface area contributed by atoms with Gasteiger partial charge in [-0.2, -0.15) is 4.98 Å². The number of hydrogen-bond donors (Lipinski definition) is 1. The maximum atomic E-state index is 10.7. The summed E-state index contributed by atoms with van der Waals surface area (Å²) in [4.78, 5) is 16.5. The molecule has 0 spiro atoms. The Balaban J connectivity index is 2.34. The van der Waals surface area contributed by atoms with E-state index in [2.05, 4.69) is 11.6 Å². The molecule has 17 heavy (non-hydrogen) atoms. The standard InChI is InChI=1S/C12H12N2O3/c1-2-7-14(8-11(15)16)12-13-9-5-3-4-6-10(9)17-12/h2-6H,1,7-8H2,(H,15,16). The summed E-state index contributed by atoms with van der Waals surface area (Å²) in [6.45, 7) is 3.79. The van der Waals surface area contributed by atoms with E-state index in [4.69, 9.17) is 9.52 Å². The SMILES string of the molecule is C=CCN(CC(=O)O)c1nc2ccccc2o1. The first-order valence-electron chi connectivity index (χ1n) is 5.14. The van der Waals surface area contributed by atoms with Crippen LogP contribution >= 0.6 is 0 Å². The van der Waals surface area contributed by atoms with Gasteiger partial charge in [0.15, 0.2) is 5.58 Å². The number of aromatic nitrogens is 1. The van der Waals surface area contributed by atoms with Crippen molar-refractivity contribution in [2.75, 3.05) is 18.0 Å². The molecule has 0 unspecified atom stereocenters. The zero-order valence-electron chi connectivity index (χ0n) is 9.17. The minimum atomic E-state index is -0.936. The van der Waals surface area contributed by atoms with Gasteiger partial charge < -0.3 is 14.4 Å². The summed E-state index contributed by atoms with van der Waals surface area (Å²) in [7, 11) is 0. The summed E-state index contributed by atoms with van der Waals surface area (Å²) in [5.74, 6) is -0.936. The second-order valence-electron chi connectivity index (χ2n) is 3.53. The van der Waals surface area contributed by atoms with Crippen LogP contribution in [0.15, 0.2) is 41.3 Å². The predicted octanol–water partition coefficient (Wildman–Crippen LogP) is 1.90. The van der Waals surface area contributed by atoms with Crippen molar-refractivity contribution < 1.29 is 14.3 Å². The van der Waals surface area contributed by atoms with E-state index in [1.165, 1.54) is 4.90 Å². The van der Waals surface area contributed by atoms with E-state index < -0.39 is 5.97 Å². The lowest BCUT2D eigenvalue weighted by Gasteiger charge is -2.15. The zero-order chi connectivity index (χ0) is 12.3.